The first-order valence-electron chi connectivity index (χ1n) is 6.07. The number of nitrogens with zero attached hydrogens (tertiary/aromatic N) is 1. The lowest BCUT2D eigenvalue weighted by Gasteiger charge is -2.33. The van der Waals surface area contributed by atoms with Crippen LogP contribution in [0.3, 0.4) is 0 Å². The van der Waals surface area contributed by atoms with E-state index in [0.717, 1.165) is 0 Å². The molecule has 0 fully saturated rings. The fourth-order valence-electron chi connectivity index (χ4n) is 1.97. The molecule has 102 valence electrons. The van der Waals surface area contributed by atoms with Crippen LogP contribution in [0.2, 0.25) is 0 Å². The smallest absolute Gasteiger partial charge is 0.346 e. The van der Waals surface area contributed by atoms with Crippen LogP contribution in [0, 0.1) is 0 Å². The number of para-hydroxylation sites is 2. The van der Waals surface area contributed by atoms with Crippen LogP contribution in [0.4, 0.5) is 5.69 Å². The lowest BCUT2D eigenvalue weighted by atomic mass is 10.1. The highest BCUT2D eigenvalue weighted by Gasteiger charge is 2.33. The predicted octanol–water partition coefficient (Wildman–Crippen LogP) is 0.475. The standard InChI is InChI=1S/C13H16N2O4/c1-14-7-6-12(16)15-8-11(13(17)18)19-10-5-3-2-4-9(10)15/h2-5,11,14H,6-8H2,1H3,(H,17,18). The molecule has 1 heterocycles. The lowest BCUT2D eigenvalue weighted by molar-refractivity contribution is -0.145. The zero-order valence-electron chi connectivity index (χ0n) is 10.6. The molecule has 2 rings (SSSR count). The third-order valence-corrected chi connectivity index (χ3v) is 2.94. The van der Waals surface area contributed by atoms with Gasteiger partial charge in [0.25, 0.3) is 0 Å². The van der Waals surface area contributed by atoms with Crippen molar-refractivity contribution in [3.63, 3.8) is 0 Å². The summed E-state index contributed by atoms with van der Waals surface area (Å²) in [6.07, 6.45) is -0.703. The molecule has 2 N–H and O–H groups in total. The summed E-state index contributed by atoms with van der Waals surface area (Å²) in [6.45, 7) is 0.588. The van der Waals surface area contributed by atoms with Crippen LogP contribution in [0.25, 0.3) is 0 Å². The molecule has 0 spiro atoms. The number of ether oxygens (including phenoxy) is 1. The molecule has 0 saturated heterocycles. The molecular weight excluding hydrogens is 248 g/mol. The molecule has 6 heteroatoms. The van der Waals surface area contributed by atoms with Crippen LogP contribution >= 0.6 is 0 Å². The van der Waals surface area contributed by atoms with Crippen molar-refractivity contribution in [2.75, 3.05) is 25.0 Å². The minimum absolute atomic E-state index is 0.0366. The van der Waals surface area contributed by atoms with Gasteiger partial charge in [0.05, 0.1) is 12.2 Å². The van der Waals surface area contributed by atoms with Gasteiger partial charge in [-0.15, -0.1) is 0 Å². The molecule has 1 aromatic rings. The van der Waals surface area contributed by atoms with Gasteiger partial charge in [0.15, 0.2) is 0 Å². The Morgan fingerprint density at radius 1 is 1.47 bits per heavy atom. The largest absolute Gasteiger partial charge is 0.478 e. The van der Waals surface area contributed by atoms with Gasteiger partial charge in [-0.1, -0.05) is 12.1 Å². The zero-order chi connectivity index (χ0) is 13.8. The fourth-order valence-corrected chi connectivity index (χ4v) is 1.97. The van der Waals surface area contributed by atoms with E-state index in [2.05, 4.69) is 5.32 Å². The Balaban J connectivity index is 2.26. The van der Waals surface area contributed by atoms with E-state index in [1.807, 2.05) is 0 Å². The maximum atomic E-state index is 12.1. The number of fused-ring (bicyclic) bond motifs is 1. The highest BCUT2D eigenvalue weighted by atomic mass is 16.5. The van der Waals surface area contributed by atoms with E-state index in [4.69, 9.17) is 9.84 Å². The molecule has 1 aromatic carbocycles. The second kappa shape index (κ2) is 5.71. The van der Waals surface area contributed by atoms with Crippen molar-refractivity contribution in [2.24, 2.45) is 0 Å². The molecular formula is C13H16N2O4. The monoisotopic (exact) mass is 264 g/mol. The highest BCUT2D eigenvalue weighted by molar-refractivity contribution is 5.96. The van der Waals surface area contributed by atoms with Crippen molar-refractivity contribution < 1.29 is 19.4 Å². The quantitative estimate of drug-likeness (QED) is 0.826. The summed E-state index contributed by atoms with van der Waals surface area (Å²) >= 11 is 0. The van der Waals surface area contributed by atoms with Crippen LogP contribution in [-0.2, 0) is 9.59 Å². The molecule has 1 amide bonds. The maximum absolute atomic E-state index is 12.1. The minimum Gasteiger partial charge on any atom is -0.478 e. The number of carbonyl (C=O) groups excluding carboxylic acids is 1. The first-order chi connectivity index (χ1) is 9.13. The summed E-state index contributed by atoms with van der Waals surface area (Å²) in [7, 11) is 1.76. The highest BCUT2D eigenvalue weighted by Crippen LogP contribution is 2.33. The van der Waals surface area contributed by atoms with Crippen LogP contribution < -0.4 is 15.0 Å². The van der Waals surface area contributed by atoms with E-state index < -0.39 is 12.1 Å². The number of anilines is 1. The van der Waals surface area contributed by atoms with Crippen LogP contribution in [0.1, 0.15) is 6.42 Å². The molecule has 0 radical (unpaired) electrons. The minimum atomic E-state index is -1.07. The van der Waals surface area contributed by atoms with Gasteiger partial charge in [0.1, 0.15) is 5.75 Å². The first kappa shape index (κ1) is 13.4. The summed E-state index contributed by atoms with van der Waals surface area (Å²) < 4.78 is 5.37. The number of rotatable bonds is 4. The van der Waals surface area contributed by atoms with Crippen LogP contribution in [-0.4, -0.2) is 43.2 Å². The Labute approximate surface area is 111 Å². The predicted molar refractivity (Wildman–Crippen MR) is 69.4 cm³/mol. The molecule has 0 aromatic heterocycles. The molecule has 0 aliphatic carbocycles. The van der Waals surface area contributed by atoms with Crippen LogP contribution in [0.15, 0.2) is 24.3 Å². The maximum Gasteiger partial charge on any atom is 0.346 e. The van der Waals surface area contributed by atoms with Crippen molar-refractivity contribution in [3.05, 3.63) is 24.3 Å². The summed E-state index contributed by atoms with van der Waals surface area (Å²) in [6, 6.07) is 6.97. The van der Waals surface area contributed by atoms with Gasteiger partial charge in [-0.2, -0.15) is 0 Å². The third-order valence-electron chi connectivity index (χ3n) is 2.94. The molecule has 0 bridgehead atoms. The molecule has 1 unspecified atom stereocenters. The number of amides is 1. The Hall–Kier alpha value is -2.08. The number of benzene rings is 1. The number of carboxylic acids is 1. The van der Waals surface area contributed by atoms with E-state index in [9.17, 15) is 9.59 Å². The topological polar surface area (TPSA) is 78.9 Å². The average molecular weight is 264 g/mol. The molecule has 6 nitrogen and oxygen atoms in total. The van der Waals surface area contributed by atoms with E-state index in [1.165, 1.54) is 4.90 Å². The zero-order valence-corrected chi connectivity index (χ0v) is 10.6. The van der Waals surface area contributed by atoms with E-state index in [0.29, 0.717) is 24.4 Å². The lowest BCUT2D eigenvalue weighted by Crippen LogP contribution is -2.47. The van der Waals surface area contributed by atoms with Gasteiger partial charge in [-0.05, 0) is 19.2 Å². The normalized spacial score (nSPS) is 17.5. The number of carbonyl (C=O) groups is 2. The molecule has 1 aliphatic heterocycles. The SMILES string of the molecule is CNCCC(=O)N1CC(C(=O)O)Oc2ccccc21. The average Bonchev–Trinajstić information content (AvgIpc) is 2.43. The van der Waals surface area contributed by atoms with Crippen molar-refractivity contribution in [1.82, 2.24) is 5.32 Å². The van der Waals surface area contributed by atoms with Gasteiger partial charge in [-0.3, -0.25) is 4.79 Å². The third kappa shape index (κ3) is 2.85. The number of nitrogens with one attached hydrogen (secondary N) is 1. The van der Waals surface area contributed by atoms with E-state index >= 15 is 0 Å². The number of aliphatic carboxylic acids is 1. The van der Waals surface area contributed by atoms with Gasteiger partial charge in [-0.25, -0.2) is 4.79 Å². The first-order valence-corrected chi connectivity index (χ1v) is 6.07. The number of hydrogen-bond donors (Lipinski definition) is 2. The molecule has 19 heavy (non-hydrogen) atoms. The summed E-state index contributed by atoms with van der Waals surface area (Å²) in [4.78, 5) is 24.7. The second-order valence-electron chi connectivity index (χ2n) is 4.27. The van der Waals surface area contributed by atoms with Crippen molar-refractivity contribution >= 4 is 17.6 Å². The van der Waals surface area contributed by atoms with E-state index in [-0.39, 0.29) is 12.5 Å². The van der Waals surface area contributed by atoms with Crippen molar-refractivity contribution in [2.45, 2.75) is 12.5 Å². The van der Waals surface area contributed by atoms with Gasteiger partial charge < -0.3 is 20.1 Å². The molecule has 1 aliphatic rings. The van der Waals surface area contributed by atoms with Gasteiger partial charge >= 0.3 is 5.97 Å². The van der Waals surface area contributed by atoms with Gasteiger partial charge in [0.2, 0.25) is 12.0 Å². The second-order valence-corrected chi connectivity index (χ2v) is 4.27. The van der Waals surface area contributed by atoms with E-state index in [1.54, 1.807) is 31.3 Å². The van der Waals surface area contributed by atoms with Crippen molar-refractivity contribution in [1.29, 1.82) is 0 Å². The molecule has 0 saturated carbocycles. The Bertz CT molecular complexity index is 489. The van der Waals surface area contributed by atoms with Crippen molar-refractivity contribution in [3.8, 4) is 5.75 Å². The number of carboxylic acid groups (broad SMARTS) is 1. The number of hydrogen-bond acceptors (Lipinski definition) is 4. The van der Waals surface area contributed by atoms with Crippen LogP contribution in [0.5, 0.6) is 5.75 Å². The summed E-state index contributed by atoms with van der Waals surface area (Å²) in [5.41, 5.74) is 0.626. The van der Waals surface area contributed by atoms with Gasteiger partial charge in [0, 0.05) is 13.0 Å². The molecule has 1 atom stereocenters. The Morgan fingerprint density at radius 2 is 2.21 bits per heavy atom. The fraction of sp³-hybridized carbons (Fsp3) is 0.385. The summed E-state index contributed by atoms with van der Waals surface area (Å²) in [5, 5.41) is 12.0. The Kier molecular flexibility index (Phi) is 4.01. The summed E-state index contributed by atoms with van der Waals surface area (Å²) in [5.74, 6) is -0.753. The Morgan fingerprint density at radius 3 is 2.89 bits per heavy atom.